The quantitative estimate of drug-likeness (QED) is 0.529. The molecule has 90 valence electrons. The number of nitrogens with two attached hydrogens (primary N) is 1. The van der Waals surface area contributed by atoms with E-state index in [0.717, 1.165) is 12.8 Å². The van der Waals surface area contributed by atoms with Crippen molar-refractivity contribution in [2.45, 2.75) is 38.1 Å². The minimum atomic E-state index is -0.221. The number of nitrogens with one attached hydrogen (secondary N) is 1. The predicted octanol–water partition coefficient (Wildman–Crippen LogP) is 0.875. The smallest absolute Gasteiger partial charge is 0.267 e. The average molecular weight is 242 g/mol. The van der Waals surface area contributed by atoms with Crippen molar-refractivity contribution in [3.63, 3.8) is 0 Å². The van der Waals surface area contributed by atoms with Crippen LogP contribution in [0.5, 0.6) is 0 Å². The van der Waals surface area contributed by atoms with Gasteiger partial charge in [0.15, 0.2) is 0 Å². The van der Waals surface area contributed by atoms with Crippen LogP contribution in [0.25, 0.3) is 0 Å². The molecular weight excluding hydrogens is 224 g/mol. The Morgan fingerprint density at radius 3 is 2.75 bits per heavy atom. The zero-order chi connectivity index (χ0) is 11.5. The molecule has 3 N–H and O–H groups in total. The van der Waals surface area contributed by atoms with Crippen LogP contribution < -0.4 is 11.3 Å². The van der Waals surface area contributed by atoms with Crippen molar-refractivity contribution in [3.05, 3.63) is 0 Å². The van der Waals surface area contributed by atoms with Gasteiger partial charge in [0.1, 0.15) is 6.04 Å². The van der Waals surface area contributed by atoms with E-state index in [0.29, 0.717) is 11.1 Å². The first kappa shape index (κ1) is 11.7. The van der Waals surface area contributed by atoms with Crippen LogP contribution in [0.3, 0.4) is 0 Å². The number of carbonyl (C=O) groups excluding carboxylic acids is 1. The molecule has 0 aromatic rings. The summed E-state index contributed by atoms with van der Waals surface area (Å²) in [4.78, 5) is 12.0. The number of amides is 1. The minimum Gasteiger partial charge on any atom is -0.295 e. The highest BCUT2D eigenvalue weighted by atomic mass is 32.2. The summed E-state index contributed by atoms with van der Waals surface area (Å²) in [6, 6.07) is -0.221. The maximum absolute atomic E-state index is 12.0. The zero-order valence-electron chi connectivity index (χ0n) is 9.48. The Hall–Kier alpha value is -0.750. The Kier molecular flexibility index (Phi) is 3.70. The molecule has 16 heavy (non-hydrogen) atoms. The Morgan fingerprint density at radius 2 is 2.12 bits per heavy atom. The standard InChI is InChI=1S/C10H18N4OS/c1-16-10-13-12-8(9(15)14(10)11)7-5-3-2-4-6-7/h7-8,12H,2-6,11H2,1H3. The van der Waals surface area contributed by atoms with Gasteiger partial charge in [0.05, 0.1) is 0 Å². The van der Waals surface area contributed by atoms with Crippen LogP contribution in [0.4, 0.5) is 0 Å². The highest BCUT2D eigenvalue weighted by molar-refractivity contribution is 8.13. The normalized spacial score (nSPS) is 27.6. The zero-order valence-corrected chi connectivity index (χ0v) is 10.3. The van der Waals surface area contributed by atoms with E-state index in [9.17, 15) is 4.79 Å². The predicted molar refractivity (Wildman–Crippen MR) is 65.5 cm³/mol. The Morgan fingerprint density at radius 1 is 1.44 bits per heavy atom. The fraction of sp³-hybridized carbons (Fsp3) is 0.800. The molecule has 0 spiro atoms. The van der Waals surface area contributed by atoms with Gasteiger partial charge in [-0.15, -0.1) is 0 Å². The molecule has 1 amide bonds. The number of hydrogen-bond donors (Lipinski definition) is 2. The van der Waals surface area contributed by atoms with Crippen molar-refractivity contribution in [2.75, 3.05) is 6.26 Å². The molecule has 2 aliphatic rings. The van der Waals surface area contributed by atoms with Gasteiger partial charge in [0, 0.05) is 0 Å². The van der Waals surface area contributed by atoms with Crippen molar-refractivity contribution < 1.29 is 4.79 Å². The Bertz CT molecular complexity index is 301. The Balaban J connectivity index is 2.06. The van der Waals surface area contributed by atoms with Gasteiger partial charge in [-0.05, 0) is 25.0 Å². The van der Waals surface area contributed by atoms with Crippen LogP contribution in [-0.2, 0) is 4.79 Å². The van der Waals surface area contributed by atoms with E-state index in [1.54, 1.807) is 0 Å². The van der Waals surface area contributed by atoms with Gasteiger partial charge < -0.3 is 0 Å². The van der Waals surface area contributed by atoms with Crippen molar-refractivity contribution in [2.24, 2.45) is 16.9 Å². The molecule has 1 fully saturated rings. The summed E-state index contributed by atoms with van der Waals surface area (Å²) in [6.45, 7) is 0. The lowest BCUT2D eigenvalue weighted by Crippen LogP contribution is -2.57. The average Bonchev–Trinajstić information content (AvgIpc) is 2.34. The van der Waals surface area contributed by atoms with Crippen molar-refractivity contribution in [3.8, 4) is 0 Å². The lowest BCUT2D eigenvalue weighted by atomic mass is 9.83. The second-order valence-corrected chi connectivity index (χ2v) is 5.08. The molecule has 0 bridgehead atoms. The maximum atomic E-state index is 12.0. The number of carbonyl (C=O) groups is 1. The molecular formula is C10H18N4OS. The molecule has 1 atom stereocenters. The molecule has 1 aliphatic heterocycles. The lowest BCUT2D eigenvalue weighted by molar-refractivity contribution is -0.132. The first-order valence-electron chi connectivity index (χ1n) is 5.70. The van der Waals surface area contributed by atoms with E-state index in [-0.39, 0.29) is 11.9 Å². The molecule has 1 aliphatic carbocycles. The van der Waals surface area contributed by atoms with Gasteiger partial charge in [-0.25, -0.2) is 10.9 Å². The number of hydrazone groups is 1. The molecule has 5 nitrogen and oxygen atoms in total. The number of hydrazine groups is 1. The molecule has 2 rings (SSSR count). The van der Waals surface area contributed by atoms with E-state index < -0.39 is 0 Å². The number of amidine groups is 1. The highest BCUT2D eigenvalue weighted by Crippen LogP contribution is 2.28. The summed E-state index contributed by atoms with van der Waals surface area (Å²) in [7, 11) is 0. The number of thioether (sulfide) groups is 1. The first-order chi connectivity index (χ1) is 7.74. The third-order valence-corrected chi connectivity index (χ3v) is 3.97. The largest absolute Gasteiger partial charge is 0.295 e. The SMILES string of the molecule is CSC1=NNC(C2CCCCC2)C(=O)N1N. The fourth-order valence-corrected chi connectivity index (χ4v) is 2.83. The van der Waals surface area contributed by atoms with Crippen molar-refractivity contribution >= 4 is 22.8 Å². The van der Waals surface area contributed by atoms with E-state index in [4.69, 9.17) is 5.84 Å². The van der Waals surface area contributed by atoms with Gasteiger partial charge in [0.2, 0.25) is 5.17 Å². The van der Waals surface area contributed by atoms with E-state index in [1.807, 2.05) is 6.26 Å². The van der Waals surface area contributed by atoms with Crippen LogP contribution in [0.1, 0.15) is 32.1 Å². The van der Waals surface area contributed by atoms with E-state index in [1.165, 1.54) is 36.0 Å². The summed E-state index contributed by atoms with van der Waals surface area (Å²) < 4.78 is 0. The molecule has 1 unspecified atom stereocenters. The first-order valence-corrected chi connectivity index (χ1v) is 6.92. The lowest BCUT2D eigenvalue weighted by Gasteiger charge is -2.34. The third-order valence-electron chi connectivity index (χ3n) is 3.31. The number of rotatable bonds is 1. The fourth-order valence-electron chi connectivity index (χ4n) is 2.40. The summed E-state index contributed by atoms with van der Waals surface area (Å²) in [5.41, 5.74) is 2.97. The molecule has 0 radical (unpaired) electrons. The molecule has 1 saturated carbocycles. The van der Waals surface area contributed by atoms with Gasteiger partial charge in [-0.2, -0.15) is 5.10 Å². The van der Waals surface area contributed by atoms with E-state index in [2.05, 4.69) is 10.5 Å². The van der Waals surface area contributed by atoms with Crippen molar-refractivity contribution in [1.29, 1.82) is 0 Å². The molecule has 1 heterocycles. The third kappa shape index (κ3) is 2.17. The van der Waals surface area contributed by atoms with Crippen LogP contribution in [0.15, 0.2) is 5.10 Å². The van der Waals surface area contributed by atoms with Crippen LogP contribution in [-0.4, -0.2) is 28.4 Å². The minimum absolute atomic E-state index is 0.0498. The van der Waals surface area contributed by atoms with Crippen LogP contribution >= 0.6 is 11.8 Å². The molecule has 0 aromatic heterocycles. The van der Waals surface area contributed by atoms with Gasteiger partial charge in [0.25, 0.3) is 5.91 Å². The monoisotopic (exact) mass is 242 g/mol. The second-order valence-electron chi connectivity index (χ2n) is 4.31. The van der Waals surface area contributed by atoms with Gasteiger partial charge >= 0.3 is 0 Å². The van der Waals surface area contributed by atoms with Crippen molar-refractivity contribution in [1.82, 2.24) is 10.4 Å². The second kappa shape index (κ2) is 5.05. The van der Waals surface area contributed by atoms with Crippen LogP contribution in [0.2, 0.25) is 0 Å². The van der Waals surface area contributed by atoms with Gasteiger partial charge in [-0.1, -0.05) is 31.0 Å². The van der Waals surface area contributed by atoms with Crippen LogP contribution in [0, 0.1) is 5.92 Å². The molecule has 0 aromatic carbocycles. The van der Waals surface area contributed by atoms with E-state index >= 15 is 0 Å². The maximum Gasteiger partial charge on any atom is 0.267 e. The summed E-state index contributed by atoms with van der Waals surface area (Å²) in [5, 5.41) is 5.87. The summed E-state index contributed by atoms with van der Waals surface area (Å²) in [5.74, 6) is 6.06. The molecule has 0 saturated heterocycles. The van der Waals surface area contributed by atoms with Gasteiger partial charge in [-0.3, -0.25) is 10.2 Å². The topological polar surface area (TPSA) is 70.7 Å². The Labute approximate surface area is 99.8 Å². The summed E-state index contributed by atoms with van der Waals surface area (Å²) in [6.07, 6.45) is 7.75. The number of hydrogen-bond acceptors (Lipinski definition) is 5. The summed E-state index contributed by atoms with van der Waals surface area (Å²) >= 11 is 1.37. The number of nitrogens with zero attached hydrogens (tertiary/aromatic N) is 2. The highest BCUT2D eigenvalue weighted by Gasteiger charge is 2.35. The molecule has 6 heteroatoms.